The molecule has 0 radical (unpaired) electrons. The summed E-state index contributed by atoms with van der Waals surface area (Å²) in [5.41, 5.74) is 1.23. The van der Waals surface area contributed by atoms with Gasteiger partial charge in [0, 0.05) is 24.5 Å². The third-order valence-corrected chi connectivity index (χ3v) is 5.15. The van der Waals surface area contributed by atoms with Gasteiger partial charge in [-0.05, 0) is 36.4 Å². The van der Waals surface area contributed by atoms with Crippen LogP contribution in [0, 0.1) is 5.82 Å². The molecule has 0 saturated heterocycles. The van der Waals surface area contributed by atoms with Crippen molar-refractivity contribution < 1.29 is 17.6 Å². The molecule has 0 saturated carbocycles. The molecule has 6 nitrogen and oxygen atoms in total. The summed E-state index contributed by atoms with van der Waals surface area (Å²) in [4.78, 5) is 16.3. The number of amides is 1. The van der Waals surface area contributed by atoms with Crippen LogP contribution in [-0.2, 0) is 14.8 Å². The first-order valence-corrected chi connectivity index (χ1v) is 9.33. The number of rotatable bonds is 6. The summed E-state index contributed by atoms with van der Waals surface area (Å²) >= 11 is 0. The van der Waals surface area contributed by atoms with Crippen molar-refractivity contribution in [3.05, 3.63) is 66.6 Å². The van der Waals surface area contributed by atoms with Gasteiger partial charge in [0.15, 0.2) is 0 Å². The van der Waals surface area contributed by atoms with Gasteiger partial charge in [-0.2, -0.15) is 0 Å². The molecule has 134 valence electrons. The molecule has 8 heteroatoms. The zero-order chi connectivity index (χ0) is 18.6. The molecule has 0 aliphatic rings. The lowest BCUT2D eigenvalue weighted by molar-refractivity contribution is -0.116. The number of hydrogen-bond acceptors (Lipinski definition) is 4. The topological polar surface area (TPSA) is 88.2 Å². The number of carbonyl (C=O) groups excluding carboxylic acids is 1. The highest BCUT2D eigenvalue weighted by Crippen LogP contribution is 2.20. The second-order valence-corrected chi connectivity index (χ2v) is 7.30. The highest BCUT2D eigenvalue weighted by Gasteiger charge is 2.14. The number of pyridine rings is 1. The van der Waals surface area contributed by atoms with Crippen molar-refractivity contribution in [3.63, 3.8) is 0 Å². The molecule has 0 aliphatic carbocycles. The van der Waals surface area contributed by atoms with Gasteiger partial charge in [-0.3, -0.25) is 9.78 Å². The number of anilines is 1. The quantitative estimate of drug-likeness (QED) is 0.695. The lowest BCUT2D eigenvalue weighted by Gasteiger charge is -2.09. The van der Waals surface area contributed by atoms with Crippen LogP contribution in [0.3, 0.4) is 0 Å². The fourth-order valence-electron chi connectivity index (χ4n) is 2.41. The number of nitrogens with one attached hydrogen (secondary N) is 2. The Morgan fingerprint density at radius 1 is 1.04 bits per heavy atom. The standard InChI is InChI=1S/C18H16FN3O3S/c19-14-6-8-15(9-7-14)26(24,25)21-12-10-17(23)22-16-5-1-3-13-4-2-11-20-18(13)16/h1-9,11,21H,10,12H2,(H,22,23). The number of aromatic nitrogens is 1. The van der Waals surface area contributed by atoms with Crippen molar-refractivity contribution in [2.45, 2.75) is 11.3 Å². The monoisotopic (exact) mass is 373 g/mol. The lowest BCUT2D eigenvalue weighted by Crippen LogP contribution is -2.27. The molecule has 0 unspecified atom stereocenters. The number of para-hydroxylation sites is 1. The number of nitrogens with zero attached hydrogens (tertiary/aromatic N) is 1. The maximum absolute atomic E-state index is 12.9. The van der Waals surface area contributed by atoms with Crippen LogP contribution in [0.15, 0.2) is 65.7 Å². The molecule has 1 aromatic heterocycles. The molecule has 0 atom stereocenters. The average Bonchev–Trinajstić information content (AvgIpc) is 2.62. The Hall–Kier alpha value is -2.84. The number of halogens is 1. The maximum Gasteiger partial charge on any atom is 0.240 e. The van der Waals surface area contributed by atoms with Crippen molar-refractivity contribution in [2.75, 3.05) is 11.9 Å². The summed E-state index contributed by atoms with van der Waals surface area (Å²) in [5.74, 6) is -0.864. The van der Waals surface area contributed by atoms with E-state index >= 15 is 0 Å². The second-order valence-electron chi connectivity index (χ2n) is 5.53. The highest BCUT2D eigenvalue weighted by atomic mass is 32.2. The smallest absolute Gasteiger partial charge is 0.240 e. The van der Waals surface area contributed by atoms with E-state index in [4.69, 9.17) is 0 Å². The van der Waals surface area contributed by atoms with Crippen LogP contribution in [0.5, 0.6) is 0 Å². The summed E-state index contributed by atoms with van der Waals surface area (Å²) < 4.78 is 39.4. The predicted octanol–water partition coefficient (Wildman–Crippen LogP) is 2.68. The Bertz CT molecular complexity index is 1030. The van der Waals surface area contributed by atoms with Crippen LogP contribution in [0.1, 0.15) is 6.42 Å². The molecule has 1 amide bonds. The van der Waals surface area contributed by atoms with Gasteiger partial charge in [-0.15, -0.1) is 0 Å². The predicted molar refractivity (Wildman–Crippen MR) is 96.6 cm³/mol. The Labute approximate surface area is 150 Å². The van der Waals surface area contributed by atoms with Crippen molar-refractivity contribution in [1.82, 2.24) is 9.71 Å². The van der Waals surface area contributed by atoms with E-state index in [1.165, 1.54) is 12.1 Å². The third-order valence-electron chi connectivity index (χ3n) is 3.67. The van der Waals surface area contributed by atoms with Crippen molar-refractivity contribution in [3.8, 4) is 0 Å². The van der Waals surface area contributed by atoms with Crippen LogP contribution < -0.4 is 10.0 Å². The van der Waals surface area contributed by atoms with E-state index in [0.29, 0.717) is 11.2 Å². The minimum absolute atomic E-state index is 0.0519. The van der Waals surface area contributed by atoms with E-state index in [0.717, 1.165) is 17.5 Å². The number of fused-ring (bicyclic) bond motifs is 1. The molecule has 2 N–H and O–H groups in total. The molecule has 3 rings (SSSR count). The fourth-order valence-corrected chi connectivity index (χ4v) is 3.45. The number of sulfonamides is 1. The molecule has 0 bridgehead atoms. The van der Waals surface area contributed by atoms with Crippen LogP contribution >= 0.6 is 0 Å². The van der Waals surface area contributed by atoms with Crippen LogP contribution in [0.4, 0.5) is 10.1 Å². The summed E-state index contributed by atoms with van der Waals surface area (Å²) in [6, 6.07) is 13.6. The molecule has 0 spiro atoms. The Kier molecular flexibility index (Phi) is 5.24. The Balaban J connectivity index is 1.60. The fraction of sp³-hybridized carbons (Fsp3) is 0.111. The van der Waals surface area contributed by atoms with Crippen LogP contribution in [0.25, 0.3) is 10.9 Å². The maximum atomic E-state index is 12.9. The zero-order valence-corrected chi connectivity index (χ0v) is 14.5. The molecular formula is C18H16FN3O3S. The minimum atomic E-state index is -3.79. The first-order valence-electron chi connectivity index (χ1n) is 7.84. The molecule has 26 heavy (non-hydrogen) atoms. The van der Waals surface area contributed by atoms with E-state index in [9.17, 15) is 17.6 Å². The van der Waals surface area contributed by atoms with Crippen LogP contribution in [-0.4, -0.2) is 25.9 Å². The summed E-state index contributed by atoms with van der Waals surface area (Å²) in [5, 5.41) is 3.62. The van der Waals surface area contributed by atoms with Gasteiger partial charge in [0.1, 0.15) is 5.82 Å². The molecule has 3 aromatic rings. The van der Waals surface area contributed by atoms with Crippen molar-refractivity contribution in [1.29, 1.82) is 0 Å². The number of benzene rings is 2. The SMILES string of the molecule is O=C(CCNS(=O)(=O)c1ccc(F)cc1)Nc1cccc2cccnc12. The van der Waals surface area contributed by atoms with Crippen molar-refractivity contribution >= 4 is 32.5 Å². The molecule has 0 aliphatic heterocycles. The Morgan fingerprint density at radius 2 is 1.77 bits per heavy atom. The van der Waals surface area contributed by atoms with E-state index < -0.39 is 15.8 Å². The first-order chi connectivity index (χ1) is 12.5. The summed E-state index contributed by atoms with van der Waals surface area (Å²) in [6.45, 7) is -0.0796. The van der Waals surface area contributed by atoms with E-state index in [2.05, 4.69) is 15.0 Å². The molecule has 0 fully saturated rings. The van der Waals surface area contributed by atoms with Gasteiger partial charge in [0.2, 0.25) is 15.9 Å². The Morgan fingerprint density at radius 3 is 2.54 bits per heavy atom. The first kappa shape index (κ1) is 18.0. The summed E-state index contributed by atoms with van der Waals surface area (Å²) in [7, 11) is -3.79. The van der Waals surface area contributed by atoms with E-state index in [1.54, 1.807) is 24.4 Å². The van der Waals surface area contributed by atoms with E-state index in [-0.39, 0.29) is 23.8 Å². The highest BCUT2D eigenvalue weighted by molar-refractivity contribution is 7.89. The third kappa shape index (κ3) is 4.22. The normalized spacial score (nSPS) is 11.4. The van der Waals surface area contributed by atoms with Gasteiger partial charge in [-0.25, -0.2) is 17.5 Å². The van der Waals surface area contributed by atoms with Crippen molar-refractivity contribution in [2.24, 2.45) is 0 Å². The van der Waals surface area contributed by atoms with Gasteiger partial charge >= 0.3 is 0 Å². The van der Waals surface area contributed by atoms with Gasteiger partial charge in [0.25, 0.3) is 0 Å². The van der Waals surface area contributed by atoms with Gasteiger partial charge in [-0.1, -0.05) is 18.2 Å². The number of carbonyl (C=O) groups is 1. The molecular weight excluding hydrogens is 357 g/mol. The van der Waals surface area contributed by atoms with Gasteiger partial charge in [0.05, 0.1) is 16.1 Å². The number of hydrogen-bond donors (Lipinski definition) is 2. The minimum Gasteiger partial charge on any atom is -0.324 e. The van der Waals surface area contributed by atoms with Crippen LogP contribution in [0.2, 0.25) is 0 Å². The largest absolute Gasteiger partial charge is 0.324 e. The average molecular weight is 373 g/mol. The lowest BCUT2D eigenvalue weighted by atomic mass is 10.2. The van der Waals surface area contributed by atoms with Gasteiger partial charge < -0.3 is 5.32 Å². The second kappa shape index (κ2) is 7.59. The molecule has 1 heterocycles. The molecule has 2 aromatic carbocycles. The van der Waals surface area contributed by atoms with E-state index in [1.807, 2.05) is 12.1 Å². The summed E-state index contributed by atoms with van der Waals surface area (Å²) in [6.07, 6.45) is 1.58. The zero-order valence-electron chi connectivity index (χ0n) is 13.6.